The highest BCUT2D eigenvalue weighted by Crippen LogP contribution is 1.99. The van der Waals surface area contributed by atoms with Crippen molar-refractivity contribution in [2.45, 2.75) is 34.6 Å². The Morgan fingerprint density at radius 3 is 2.17 bits per heavy atom. The lowest BCUT2D eigenvalue weighted by Gasteiger charge is -2.07. The first-order chi connectivity index (χ1) is 5.57. The predicted molar refractivity (Wildman–Crippen MR) is 52.7 cm³/mol. The molecule has 0 aliphatic heterocycles. The van der Waals surface area contributed by atoms with Crippen molar-refractivity contribution in [1.29, 1.82) is 0 Å². The Hall–Kier alpha value is -0.860. The minimum absolute atomic E-state index is 0.299. The SMILES string of the molecule is CCO/C(=N\N=C(C)C)C(C)C. The van der Waals surface area contributed by atoms with Crippen LogP contribution >= 0.6 is 0 Å². The van der Waals surface area contributed by atoms with Crippen LogP contribution in [-0.4, -0.2) is 18.2 Å². The van der Waals surface area contributed by atoms with Gasteiger partial charge in [-0.1, -0.05) is 13.8 Å². The van der Waals surface area contributed by atoms with E-state index < -0.39 is 0 Å². The van der Waals surface area contributed by atoms with Crippen molar-refractivity contribution in [2.75, 3.05) is 6.61 Å². The molecule has 0 heterocycles. The molecule has 12 heavy (non-hydrogen) atoms. The second kappa shape index (κ2) is 5.75. The molecule has 3 nitrogen and oxygen atoms in total. The van der Waals surface area contributed by atoms with Gasteiger partial charge in [0.1, 0.15) is 0 Å². The topological polar surface area (TPSA) is 34.0 Å². The van der Waals surface area contributed by atoms with Crippen molar-refractivity contribution in [3.05, 3.63) is 0 Å². The van der Waals surface area contributed by atoms with E-state index in [1.54, 1.807) is 0 Å². The fourth-order valence-corrected chi connectivity index (χ4v) is 0.608. The van der Waals surface area contributed by atoms with Gasteiger partial charge >= 0.3 is 0 Å². The first-order valence-electron chi connectivity index (χ1n) is 4.29. The Morgan fingerprint density at radius 2 is 1.83 bits per heavy atom. The van der Waals surface area contributed by atoms with Crippen LogP contribution in [0.4, 0.5) is 0 Å². The van der Waals surface area contributed by atoms with E-state index in [9.17, 15) is 0 Å². The van der Waals surface area contributed by atoms with E-state index in [0.717, 1.165) is 5.71 Å². The zero-order valence-electron chi connectivity index (χ0n) is 8.59. The summed E-state index contributed by atoms with van der Waals surface area (Å²) in [6, 6.07) is 0. The maximum absolute atomic E-state index is 5.30. The van der Waals surface area contributed by atoms with Crippen LogP contribution in [0.2, 0.25) is 0 Å². The number of ether oxygens (including phenoxy) is 1. The van der Waals surface area contributed by atoms with Crippen LogP contribution in [0.15, 0.2) is 10.2 Å². The smallest absolute Gasteiger partial charge is 0.211 e. The number of rotatable bonds is 3. The lowest BCUT2D eigenvalue weighted by Crippen LogP contribution is -2.11. The Kier molecular flexibility index (Phi) is 5.34. The van der Waals surface area contributed by atoms with Gasteiger partial charge in [0, 0.05) is 11.6 Å². The summed E-state index contributed by atoms with van der Waals surface area (Å²) in [5.74, 6) is 1.01. The van der Waals surface area contributed by atoms with Crippen LogP contribution in [0, 0.1) is 5.92 Å². The van der Waals surface area contributed by atoms with Crippen molar-refractivity contribution < 1.29 is 4.74 Å². The maximum Gasteiger partial charge on any atom is 0.211 e. The molecule has 0 unspecified atom stereocenters. The third-order valence-corrected chi connectivity index (χ3v) is 1.13. The van der Waals surface area contributed by atoms with E-state index >= 15 is 0 Å². The summed E-state index contributed by atoms with van der Waals surface area (Å²) >= 11 is 0. The standard InChI is InChI=1S/C9H18N2O/c1-6-12-9(7(2)3)11-10-8(4)5/h7H,6H2,1-5H3/b11-9-. The van der Waals surface area contributed by atoms with E-state index in [-0.39, 0.29) is 0 Å². The molecule has 0 aromatic heterocycles. The maximum atomic E-state index is 5.30. The van der Waals surface area contributed by atoms with E-state index in [0.29, 0.717) is 18.4 Å². The molecule has 0 bridgehead atoms. The lowest BCUT2D eigenvalue weighted by atomic mass is 10.2. The van der Waals surface area contributed by atoms with Crippen LogP contribution in [-0.2, 0) is 4.74 Å². The van der Waals surface area contributed by atoms with Gasteiger partial charge in [-0.25, -0.2) is 0 Å². The van der Waals surface area contributed by atoms with Crippen LogP contribution in [0.3, 0.4) is 0 Å². The third kappa shape index (κ3) is 4.88. The van der Waals surface area contributed by atoms with Gasteiger partial charge in [-0.05, 0) is 20.8 Å². The van der Waals surface area contributed by atoms with Crippen LogP contribution in [0.25, 0.3) is 0 Å². The van der Waals surface area contributed by atoms with Gasteiger partial charge < -0.3 is 4.74 Å². The Labute approximate surface area is 74.5 Å². The van der Waals surface area contributed by atoms with Crippen LogP contribution < -0.4 is 0 Å². The summed E-state index contributed by atoms with van der Waals surface area (Å²) in [5.41, 5.74) is 0.938. The average molecular weight is 170 g/mol. The largest absolute Gasteiger partial charge is 0.480 e. The van der Waals surface area contributed by atoms with Gasteiger partial charge in [-0.15, -0.1) is 5.10 Å². The van der Waals surface area contributed by atoms with Gasteiger partial charge in [-0.2, -0.15) is 5.10 Å². The summed E-state index contributed by atoms with van der Waals surface area (Å²) in [6.45, 7) is 10.5. The second-order valence-corrected chi connectivity index (χ2v) is 3.07. The summed E-state index contributed by atoms with van der Waals surface area (Å²) in [4.78, 5) is 0. The minimum atomic E-state index is 0.299. The molecule has 0 spiro atoms. The third-order valence-electron chi connectivity index (χ3n) is 1.13. The predicted octanol–water partition coefficient (Wildman–Crippen LogP) is 2.47. The van der Waals surface area contributed by atoms with Crippen molar-refractivity contribution >= 4 is 11.6 Å². The van der Waals surface area contributed by atoms with Crippen molar-refractivity contribution in [3.63, 3.8) is 0 Å². The molecule has 0 saturated heterocycles. The summed E-state index contributed by atoms with van der Waals surface area (Å²) < 4.78 is 5.30. The van der Waals surface area contributed by atoms with E-state index in [2.05, 4.69) is 10.2 Å². The molecule has 0 rings (SSSR count). The van der Waals surface area contributed by atoms with Gasteiger partial charge in [0.25, 0.3) is 0 Å². The zero-order chi connectivity index (χ0) is 9.56. The number of hydrogen-bond donors (Lipinski definition) is 0. The highest BCUT2D eigenvalue weighted by Gasteiger charge is 2.04. The van der Waals surface area contributed by atoms with Gasteiger partial charge in [0.05, 0.1) is 6.61 Å². The van der Waals surface area contributed by atoms with Crippen molar-refractivity contribution in [2.24, 2.45) is 16.1 Å². The Bertz CT molecular complexity index is 179. The van der Waals surface area contributed by atoms with Crippen LogP contribution in [0.1, 0.15) is 34.6 Å². The number of hydrogen-bond acceptors (Lipinski definition) is 3. The Balaban J connectivity index is 4.28. The molecule has 0 aromatic rings. The summed E-state index contributed by atoms with van der Waals surface area (Å²) in [7, 11) is 0. The normalized spacial score (nSPS) is 11.7. The highest BCUT2D eigenvalue weighted by molar-refractivity contribution is 5.82. The molecule has 0 saturated carbocycles. The molecule has 3 heteroatoms. The molecule has 0 atom stereocenters. The molecule has 0 aliphatic carbocycles. The van der Waals surface area contributed by atoms with E-state index in [1.807, 2.05) is 34.6 Å². The quantitative estimate of drug-likeness (QED) is 0.364. The zero-order valence-corrected chi connectivity index (χ0v) is 8.59. The van der Waals surface area contributed by atoms with E-state index in [1.165, 1.54) is 0 Å². The monoisotopic (exact) mass is 170 g/mol. The second-order valence-electron chi connectivity index (χ2n) is 3.07. The van der Waals surface area contributed by atoms with Gasteiger partial charge in [0.15, 0.2) is 0 Å². The van der Waals surface area contributed by atoms with Gasteiger partial charge in [0.2, 0.25) is 5.90 Å². The molecule has 0 amide bonds. The fourth-order valence-electron chi connectivity index (χ4n) is 0.608. The van der Waals surface area contributed by atoms with Crippen molar-refractivity contribution in [3.8, 4) is 0 Å². The van der Waals surface area contributed by atoms with Gasteiger partial charge in [-0.3, -0.25) is 0 Å². The fraction of sp³-hybridized carbons (Fsp3) is 0.778. The molecule has 0 fully saturated rings. The van der Waals surface area contributed by atoms with Crippen molar-refractivity contribution in [1.82, 2.24) is 0 Å². The van der Waals surface area contributed by atoms with E-state index in [4.69, 9.17) is 4.74 Å². The summed E-state index contributed by atoms with van der Waals surface area (Å²) in [6.07, 6.45) is 0. The first-order valence-corrected chi connectivity index (χ1v) is 4.29. The molecule has 0 aliphatic rings. The molecular formula is C9H18N2O. The van der Waals surface area contributed by atoms with Crippen LogP contribution in [0.5, 0.6) is 0 Å². The lowest BCUT2D eigenvalue weighted by molar-refractivity contribution is 0.304. The summed E-state index contributed by atoms with van der Waals surface area (Å²) in [5, 5.41) is 7.94. The molecule has 0 radical (unpaired) electrons. The molecule has 70 valence electrons. The average Bonchev–Trinajstić information content (AvgIpc) is 1.96. The Morgan fingerprint density at radius 1 is 1.25 bits per heavy atom. The first kappa shape index (κ1) is 11.1. The number of nitrogens with zero attached hydrogens (tertiary/aromatic N) is 2. The molecule has 0 N–H and O–H groups in total. The molecular weight excluding hydrogens is 152 g/mol. The molecule has 0 aromatic carbocycles. The minimum Gasteiger partial charge on any atom is -0.480 e. The highest BCUT2D eigenvalue weighted by atomic mass is 16.5.